The predicted molar refractivity (Wildman–Crippen MR) is 113 cm³/mol. The molecule has 3 nitrogen and oxygen atoms in total. The summed E-state index contributed by atoms with van der Waals surface area (Å²) >= 11 is 6.08. The van der Waals surface area contributed by atoms with Crippen LogP contribution in [-0.4, -0.2) is 18.1 Å². The number of methoxy groups -OCH3 is 1. The van der Waals surface area contributed by atoms with Crippen LogP contribution < -0.4 is 0 Å². The fourth-order valence-corrected chi connectivity index (χ4v) is 3.48. The normalized spacial score (nSPS) is 10.6. The van der Waals surface area contributed by atoms with Crippen molar-refractivity contribution < 1.29 is 9.53 Å². The molecule has 1 N–H and O–H groups in total. The second-order valence-corrected chi connectivity index (χ2v) is 6.79. The minimum Gasteiger partial charge on any atom is -0.465 e. The number of aromatic nitrogens is 1. The summed E-state index contributed by atoms with van der Waals surface area (Å²) in [5.74, 6) is -0.380. The van der Waals surface area contributed by atoms with Gasteiger partial charge in [0.05, 0.1) is 24.1 Å². The summed E-state index contributed by atoms with van der Waals surface area (Å²) in [5.41, 5.74) is 5.71. The van der Waals surface area contributed by atoms with E-state index < -0.39 is 0 Å². The van der Waals surface area contributed by atoms with Crippen molar-refractivity contribution in [3.05, 3.63) is 95.5 Å². The molecule has 0 atom stereocenters. The Morgan fingerprint density at radius 1 is 0.750 bits per heavy atom. The third kappa shape index (κ3) is 3.32. The molecule has 4 rings (SSSR count). The quantitative estimate of drug-likeness (QED) is 0.408. The van der Waals surface area contributed by atoms with Gasteiger partial charge in [0.1, 0.15) is 0 Å². The van der Waals surface area contributed by atoms with Crippen molar-refractivity contribution in [2.24, 2.45) is 0 Å². The maximum atomic E-state index is 12.8. The van der Waals surface area contributed by atoms with Crippen molar-refractivity contribution in [2.75, 3.05) is 7.11 Å². The first-order chi connectivity index (χ1) is 13.7. The van der Waals surface area contributed by atoms with Crippen LogP contribution in [-0.2, 0) is 4.74 Å². The van der Waals surface area contributed by atoms with E-state index in [-0.39, 0.29) is 5.97 Å². The average Bonchev–Trinajstić information content (AvgIpc) is 3.15. The van der Waals surface area contributed by atoms with E-state index in [9.17, 15) is 4.79 Å². The molecular formula is C24H18ClNO2. The fraction of sp³-hybridized carbons (Fsp3) is 0.0417. The second kappa shape index (κ2) is 7.75. The molecule has 28 heavy (non-hydrogen) atoms. The summed E-state index contributed by atoms with van der Waals surface area (Å²) in [6, 6.07) is 27.2. The molecule has 0 saturated heterocycles. The molecule has 3 aromatic carbocycles. The summed E-state index contributed by atoms with van der Waals surface area (Å²) in [6.45, 7) is 0. The number of carbonyl (C=O) groups is 1. The van der Waals surface area contributed by atoms with E-state index >= 15 is 0 Å². The van der Waals surface area contributed by atoms with Gasteiger partial charge in [0, 0.05) is 10.6 Å². The molecule has 0 fully saturated rings. The van der Waals surface area contributed by atoms with Crippen LogP contribution in [0.2, 0.25) is 5.02 Å². The maximum Gasteiger partial charge on any atom is 0.340 e. The number of carbonyl (C=O) groups excluding carboxylic acids is 1. The van der Waals surface area contributed by atoms with Gasteiger partial charge in [-0.15, -0.1) is 0 Å². The molecule has 0 amide bonds. The molecule has 0 aliphatic rings. The lowest BCUT2D eigenvalue weighted by Crippen LogP contribution is -2.03. The van der Waals surface area contributed by atoms with Crippen LogP contribution in [0.4, 0.5) is 0 Å². The number of H-pyrrole nitrogens is 1. The molecular weight excluding hydrogens is 370 g/mol. The largest absolute Gasteiger partial charge is 0.465 e. The molecule has 0 unspecified atom stereocenters. The number of hydrogen-bond acceptors (Lipinski definition) is 2. The van der Waals surface area contributed by atoms with Crippen LogP contribution in [0.1, 0.15) is 10.4 Å². The summed E-state index contributed by atoms with van der Waals surface area (Å²) in [6.07, 6.45) is 0. The lowest BCUT2D eigenvalue weighted by molar-refractivity contribution is 0.0602. The van der Waals surface area contributed by atoms with E-state index in [1.54, 1.807) is 0 Å². The monoisotopic (exact) mass is 387 g/mol. The molecule has 1 heterocycles. The van der Waals surface area contributed by atoms with Crippen molar-refractivity contribution in [1.82, 2.24) is 4.98 Å². The van der Waals surface area contributed by atoms with Gasteiger partial charge in [-0.1, -0.05) is 84.4 Å². The van der Waals surface area contributed by atoms with Crippen molar-refractivity contribution >= 4 is 17.6 Å². The number of esters is 1. The average molecular weight is 388 g/mol. The van der Waals surface area contributed by atoms with Crippen molar-refractivity contribution in [2.45, 2.75) is 0 Å². The summed E-state index contributed by atoms with van der Waals surface area (Å²) < 4.78 is 5.15. The zero-order valence-electron chi connectivity index (χ0n) is 15.3. The predicted octanol–water partition coefficient (Wildman–Crippen LogP) is 6.46. The van der Waals surface area contributed by atoms with Crippen LogP contribution in [0.15, 0.2) is 84.9 Å². The Labute approximate surface area is 168 Å². The molecule has 1 aromatic heterocycles. The minimum atomic E-state index is -0.380. The minimum absolute atomic E-state index is 0.380. The van der Waals surface area contributed by atoms with E-state index in [1.807, 2.05) is 84.9 Å². The van der Waals surface area contributed by atoms with E-state index in [0.717, 1.165) is 33.6 Å². The molecule has 0 saturated carbocycles. The molecule has 0 spiro atoms. The Kier molecular flexibility index (Phi) is 5.00. The van der Waals surface area contributed by atoms with Gasteiger partial charge >= 0.3 is 5.97 Å². The van der Waals surface area contributed by atoms with Gasteiger partial charge in [-0.2, -0.15) is 0 Å². The smallest absolute Gasteiger partial charge is 0.340 e. The Morgan fingerprint density at radius 3 is 1.86 bits per heavy atom. The van der Waals surface area contributed by atoms with Crippen molar-refractivity contribution in [3.63, 3.8) is 0 Å². The van der Waals surface area contributed by atoms with Crippen LogP contribution in [0, 0.1) is 0 Å². The zero-order chi connectivity index (χ0) is 19.5. The lowest BCUT2D eigenvalue weighted by Gasteiger charge is -2.08. The van der Waals surface area contributed by atoms with Crippen LogP contribution >= 0.6 is 11.6 Å². The fourth-order valence-electron chi connectivity index (χ4n) is 3.35. The number of hydrogen-bond donors (Lipinski definition) is 1. The molecule has 4 heteroatoms. The number of aromatic amines is 1. The number of halogens is 1. The van der Waals surface area contributed by atoms with E-state index in [0.29, 0.717) is 10.6 Å². The molecule has 0 aliphatic carbocycles. The standard InChI is InChI=1S/C24H18ClNO2/c1-28-24(27)21-20(16-8-4-2-5-9-16)22(18-12-14-19(25)15-13-18)26-23(21)17-10-6-3-7-11-17/h2-15,26H,1H3. The molecule has 4 aromatic rings. The van der Waals surface area contributed by atoms with Gasteiger partial charge in [-0.05, 0) is 28.8 Å². The Morgan fingerprint density at radius 2 is 1.29 bits per heavy atom. The summed E-state index contributed by atoms with van der Waals surface area (Å²) in [7, 11) is 1.40. The zero-order valence-corrected chi connectivity index (χ0v) is 16.0. The highest BCUT2D eigenvalue weighted by atomic mass is 35.5. The third-order valence-corrected chi connectivity index (χ3v) is 4.90. The Balaban J connectivity index is 2.06. The number of benzene rings is 3. The first-order valence-corrected chi connectivity index (χ1v) is 9.28. The molecule has 0 aliphatic heterocycles. The van der Waals surface area contributed by atoms with Crippen LogP contribution in [0.3, 0.4) is 0 Å². The highest BCUT2D eigenvalue weighted by Crippen LogP contribution is 2.41. The first kappa shape index (κ1) is 18.1. The lowest BCUT2D eigenvalue weighted by atomic mass is 9.95. The van der Waals surface area contributed by atoms with Gasteiger partial charge < -0.3 is 9.72 Å². The van der Waals surface area contributed by atoms with E-state index in [4.69, 9.17) is 16.3 Å². The summed E-state index contributed by atoms with van der Waals surface area (Å²) in [4.78, 5) is 16.3. The topological polar surface area (TPSA) is 42.1 Å². The highest BCUT2D eigenvalue weighted by molar-refractivity contribution is 6.30. The Bertz CT molecular complexity index is 1100. The summed E-state index contributed by atoms with van der Waals surface area (Å²) in [5, 5.41) is 0.660. The van der Waals surface area contributed by atoms with Crippen LogP contribution in [0.25, 0.3) is 33.6 Å². The number of rotatable bonds is 4. The third-order valence-electron chi connectivity index (χ3n) is 4.65. The van der Waals surface area contributed by atoms with Crippen LogP contribution in [0.5, 0.6) is 0 Å². The van der Waals surface area contributed by atoms with E-state index in [1.165, 1.54) is 7.11 Å². The van der Waals surface area contributed by atoms with Crippen molar-refractivity contribution in [1.29, 1.82) is 0 Å². The first-order valence-electron chi connectivity index (χ1n) is 8.90. The molecule has 0 radical (unpaired) electrons. The van der Waals surface area contributed by atoms with Crippen molar-refractivity contribution in [3.8, 4) is 33.6 Å². The van der Waals surface area contributed by atoms with E-state index in [2.05, 4.69) is 4.98 Å². The molecule has 138 valence electrons. The van der Waals surface area contributed by atoms with Gasteiger partial charge in [0.25, 0.3) is 0 Å². The number of nitrogens with one attached hydrogen (secondary N) is 1. The number of ether oxygens (including phenoxy) is 1. The second-order valence-electron chi connectivity index (χ2n) is 6.36. The Hall–Kier alpha value is -3.30. The SMILES string of the molecule is COC(=O)c1c(-c2ccccc2)[nH]c(-c2ccc(Cl)cc2)c1-c1ccccc1. The van der Waals surface area contributed by atoms with Gasteiger partial charge in [-0.25, -0.2) is 4.79 Å². The van der Waals surface area contributed by atoms with Gasteiger partial charge in [-0.3, -0.25) is 0 Å². The highest BCUT2D eigenvalue weighted by Gasteiger charge is 2.26. The maximum absolute atomic E-state index is 12.8. The van der Waals surface area contributed by atoms with Gasteiger partial charge in [0.2, 0.25) is 0 Å². The molecule has 0 bridgehead atoms. The van der Waals surface area contributed by atoms with Gasteiger partial charge in [0.15, 0.2) is 0 Å².